The molecule has 2 N–H and O–H groups in total. The summed E-state index contributed by atoms with van der Waals surface area (Å²) in [6.07, 6.45) is 0.622. The van der Waals surface area contributed by atoms with Crippen LogP contribution >= 0.6 is 11.6 Å². The molecule has 3 aromatic heterocycles. The number of carbonyl (C=O) groups excluding carboxylic acids is 2. The Morgan fingerprint density at radius 3 is 2.55 bits per heavy atom. The van der Waals surface area contributed by atoms with Crippen LogP contribution in [0.4, 0.5) is 24.5 Å². The maximum atomic E-state index is 14.4. The van der Waals surface area contributed by atoms with Gasteiger partial charge in [-0.25, -0.2) is 9.97 Å². The second kappa shape index (κ2) is 13.3. The normalized spacial score (nSPS) is 19.1. The Bertz CT molecular complexity index is 2140. The first kappa shape index (κ1) is 34.4. The Labute approximate surface area is 293 Å². The number of alkyl halides is 3. The van der Waals surface area contributed by atoms with Crippen LogP contribution in [0.15, 0.2) is 35.4 Å². The number of anilines is 2. The van der Waals surface area contributed by atoms with E-state index in [-0.39, 0.29) is 65.3 Å². The molecule has 2 amide bonds. The topological polar surface area (TPSA) is 160 Å². The van der Waals surface area contributed by atoms with E-state index >= 15 is 0 Å². The van der Waals surface area contributed by atoms with Crippen molar-refractivity contribution in [3.8, 4) is 5.75 Å². The first-order valence-corrected chi connectivity index (χ1v) is 16.8. The van der Waals surface area contributed by atoms with Gasteiger partial charge in [-0.1, -0.05) is 24.6 Å². The summed E-state index contributed by atoms with van der Waals surface area (Å²) < 4.78 is 47.9. The number of amides is 2. The van der Waals surface area contributed by atoms with Gasteiger partial charge in [0.15, 0.2) is 17.3 Å². The Hall–Kier alpha value is -5.03. The summed E-state index contributed by atoms with van der Waals surface area (Å²) in [4.78, 5) is 57.8. The molecule has 3 aliphatic heterocycles. The fourth-order valence-corrected chi connectivity index (χ4v) is 7.30. The van der Waals surface area contributed by atoms with Crippen molar-refractivity contribution in [1.82, 2.24) is 34.0 Å². The molecule has 1 aromatic carbocycles. The van der Waals surface area contributed by atoms with Gasteiger partial charge in [0.05, 0.1) is 40.9 Å². The number of hydrogen-bond donors (Lipinski definition) is 2. The zero-order valence-electron chi connectivity index (χ0n) is 27.6. The molecule has 0 radical (unpaired) electrons. The monoisotopic (exact) mass is 727 g/mol. The lowest BCUT2D eigenvalue weighted by molar-refractivity contribution is -0.137. The number of fused-ring (bicyclic) bond motifs is 3. The van der Waals surface area contributed by atoms with Gasteiger partial charge in [0, 0.05) is 25.2 Å². The standard InChI is InChI=1S/C33H33ClF3N9O5/c1-3-24-27(45-20-5-6-21(45)14-43(13-20)30(49)26-28(48)17(2)38-16-39-26)31(50)46-32(41-29(42-46)18-8-10-51-11-9-18)44(24)15-25(47)40-23-7-4-19(12-22(23)34)33(35,36)37/h4,7-8,12,16,20-21,48H,3,5-6,9-11,13-15H2,1-2H3,(H,40,47). The van der Waals surface area contributed by atoms with Gasteiger partial charge in [-0.3, -0.25) is 14.4 Å². The van der Waals surface area contributed by atoms with Gasteiger partial charge in [-0.15, -0.1) is 5.10 Å². The molecule has 2 bridgehead atoms. The van der Waals surface area contributed by atoms with Crippen LogP contribution in [0, 0.1) is 6.92 Å². The molecule has 0 saturated carbocycles. The van der Waals surface area contributed by atoms with Crippen molar-refractivity contribution < 1.29 is 32.6 Å². The lowest BCUT2D eigenvalue weighted by atomic mass is 10.1. The van der Waals surface area contributed by atoms with Crippen molar-refractivity contribution in [2.45, 2.75) is 64.3 Å². The molecule has 2 atom stereocenters. The van der Waals surface area contributed by atoms with Crippen LogP contribution in [0.5, 0.6) is 5.75 Å². The van der Waals surface area contributed by atoms with E-state index in [2.05, 4.69) is 20.4 Å². The molecule has 51 heavy (non-hydrogen) atoms. The highest BCUT2D eigenvalue weighted by Gasteiger charge is 2.45. The zero-order chi connectivity index (χ0) is 36.2. The van der Waals surface area contributed by atoms with Crippen molar-refractivity contribution >= 4 is 46.1 Å². The maximum absolute atomic E-state index is 14.4. The summed E-state index contributed by atoms with van der Waals surface area (Å²) >= 11 is 6.14. The van der Waals surface area contributed by atoms with Gasteiger partial charge in [0.1, 0.15) is 18.6 Å². The third-order valence-electron chi connectivity index (χ3n) is 9.52. The molecular formula is C33H33ClF3N9O5. The number of piperazine rings is 1. The number of aromatic nitrogens is 6. The van der Waals surface area contributed by atoms with Crippen molar-refractivity contribution in [2.24, 2.45) is 0 Å². The number of likely N-dealkylation sites (tertiary alicyclic amines) is 1. The average molecular weight is 728 g/mol. The van der Waals surface area contributed by atoms with E-state index in [1.54, 1.807) is 16.4 Å². The number of carbonyl (C=O) groups is 2. The van der Waals surface area contributed by atoms with Gasteiger partial charge in [-0.05, 0) is 56.4 Å². The summed E-state index contributed by atoms with van der Waals surface area (Å²) in [5, 5.41) is 17.4. The fourth-order valence-electron chi connectivity index (χ4n) is 7.07. The van der Waals surface area contributed by atoms with Gasteiger partial charge in [0.25, 0.3) is 11.5 Å². The number of rotatable bonds is 7. The smallest absolute Gasteiger partial charge is 0.416 e. The van der Waals surface area contributed by atoms with Gasteiger partial charge in [-0.2, -0.15) is 22.7 Å². The molecule has 7 rings (SSSR count). The molecule has 2 unspecified atom stereocenters. The molecular weight excluding hydrogens is 695 g/mol. The van der Waals surface area contributed by atoms with Crippen LogP contribution < -0.4 is 15.8 Å². The minimum atomic E-state index is -4.61. The second-order valence-electron chi connectivity index (χ2n) is 12.6. The highest BCUT2D eigenvalue weighted by Crippen LogP contribution is 2.37. The molecule has 0 spiro atoms. The third kappa shape index (κ3) is 6.28. The Kier molecular flexibility index (Phi) is 8.95. The van der Waals surface area contributed by atoms with Crippen molar-refractivity contribution in [2.75, 3.05) is 36.5 Å². The fraction of sp³-hybridized carbons (Fsp3) is 0.424. The highest BCUT2D eigenvalue weighted by molar-refractivity contribution is 6.33. The molecule has 2 saturated heterocycles. The van der Waals surface area contributed by atoms with Crippen LogP contribution in [0.25, 0.3) is 11.4 Å². The van der Waals surface area contributed by atoms with E-state index in [4.69, 9.17) is 21.3 Å². The van der Waals surface area contributed by atoms with Gasteiger partial charge < -0.3 is 29.5 Å². The van der Waals surface area contributed by atoms with Gasteiger partial charge in [0.2, 0.25) is 11.7 Å². The largest absolute Gasteiger partial charge is 0.504 e. The maximum Gasteiger partial charge on any atom is 0.416 e. The minimum absolute atomic E-state index is 0.0109. The number of nitrogens with zero attached hydrogens (tertiary/aromatic N) is 8. The van der Waals surface area contributed by atoms with E-state index < -0.39 is 29.1 Å². The minimum Gasteiger partial charge on any atom is -0.504 e. The van der Waals surface area contributed by atoms with Crippen molar-refractivity contribution in [3.63, 3.8) is 0 Å². The zero-order valence-corrected chi connectivity index (χ0v) is 28.3. The van der Waals surface area contributed by atoms with Crippen molar-refractivity contribution in [1.29, 1.82) is 0 Å². The molecule has 2 fully saturated rings. The van der Waals surface area contributed by atoms with Crippen molar-refractivity contribution in [3.05, 3.63) is 74.4 Å². The van der Waals surface area contributed by atoms with E-state index in [0.717, 1.165) is 23.8 Å². The summed E-state index contributed by atoms with van der Waals surface area (Å²) in [7, 11) is 0. The van der Waals surface area contributed by atoms with Crippen LogP contribution in [0.3, 0.4) is 0 Å². The van der Waals surface area contributed by atoms with E-state index in [1.807, 2.05) is 17.9 Å². The molecule has 268 valence electrons. The van der Waals surface area contributed by atoms with Crippen LogP contribution in [0.2, 0.25) is 5.02 Å². The lowest BCUT2D eigenvalue weighted by Gasteiger charge is -2.42. The summed E-state index contributed by atoms with van der Waals surface area (Å²) in [5.74, 6) is -0.907. The number of nitrogens with one attached hydrogen (secondary N) is 1. The quantitative estimate of drug-likeness (QED) is 0.286. The number of ether oxygens (including phenoxy) is 1. The van der Waals surface area contributed by atoms with Crippen LogP contribution in [-0.2, 0) is 28.7 Å². The summed E-state index contributed by atoms with van der Waals surface area (Å²) in [6.45, 7) is 4.37. The summed E-state index contributed by atoms with van der Waals surface area (Å²) in [6, 6.07) is 2.10. The number of benzene rings is 1. The van der Waals surface area contributed by atoms with E-state index in [0.29, 0.717) is 56.1 Å². The van der Waals surface area contributed by atoms with Crippen LogP contribution in [0.1, 0.15) is 59.5 Å². The molecule has 3 aliphatic rings. The SMILES string of the molecule is CCc1c(N2C3CCC2CN(C(=O)c2ncnc(C)c2O)C3)c(=O)n2nc(C3=CCOCC3)nc2n1CC(=O)Nc1ccc(C(F)(F)F)cc1Cl. The Balaban J connectivity index is 1.27. The predicted molar refractivity (Wildman–Crippen MR) is 179 cm³/mol. The van der Waals surface area contributed by atoms with Crippen LogP contribution in [-0.4, -0.2) is 89.3 Å². The number of aryl methyl sites for hydroxylation is 1. The second-order valence-corrected chi connectivity index (χ2v) is 13.0. The number of aromatic hydroxyl groups is 1. The number of hydrogen-bond acceptors (Lipinski definition) is 10. The first-order valence-electron chi connectivity index (χ1n) is 16.4. The molecule has 14 nitrogen and oxygen atoms in total. The predicted octanol–water partition coefficient (Wildman–Crippen LogP) is 3.87. The molecule has 6 heterocycles. The molecule has 18 heteroatoms. The highest BCUT2D eigenvalue weighted by atomic mass is 35.5. The average Bonchev–Trinajstić information content (AvgIpc) is 3.66. The Morgan fingerprint density at radius 1 is 1.16 bits per heavy atom. The van der Waals surface area contributed by atoms with E-state index in [1.165, 1.54) is 10.8 Å². The van der Waals surface area contributed by atoms with E-state index in [9.17, 15) is 32.7 Å². The lowest BCUT2D eigenvalue weighted by Crippen LogP contribution is -2.57. The third-order valence-corrected chi connectivity index (χ3v) is 9.83. The summed E-state index contributed by atoms with van der Waals surface area (Å²) in [5.41, 5.74) is 0.399. The molecule has 4 aromatic rings. The number of halogens is 4. The Morgan fingerprint density at radius 2 is 1.90 bits per heavy atom. The first-order chi connectivity index (χ1) is 24.3. The van der Waals surface area contributed by atoms with Gasteiger partial charge >= 0.3 is 6.18 Å². The molecule has 0 aliphatic carbocycles.